The molecule has 112 valence electrons. The molecule has 0 bridgehead atoms. The summed E-state index contributed by atoms with van der Waals surface area (Å²) in [5.74, 6) is -0.289. The fourth-order valence-electron chi connectivity index (χ4n) is 1.45. The van der Waals surface area contributed by atoms with Crippen molar-refractivity contribution in [2.45, 2.75) is 45.3 Å². The molecule has 1 rings (SSSR count). The fraction of sp³-hybridized carbons (Fsp3) is 0.533. The number of rotatable bonds is 6. The van der Waals surface area contributed by atoms with Crippen molar-refractivity contribution in [1.82, 2.24) is 5.32 Å². The molecular formula is C15H22FNO3. The molecule has 0 aliphatic carbocycles. The average molecular weight is 283 g/mol. The second kappa shape index (κ2) is 6.22. The SMILES string of the molecule is CCC(C)(O)CNC(=O)C(C)(C)Oc1ccc(F)cc1. The summed E-state index contributed by atoms with van der Waals surface area (Å²) in [6, 6.07) is 5.47. The van der Waals surface area contributed by atoms with Gasteiger partial charge in [-0.3, -0.25) is 4.79 Å². The molecule has 0 fully saturated rings. The number of benzene rings is 1. The first-order chi connectivity index (χ1) is 9.16. The molecule has 0 aliphatic rings. The molecule has 1 amide bonds. The van der Waals surface area contributed by atoms with Crippen LogP contribution in [0.15, 0.2) is 24.3 Å². The first-order valence-corrected chi connectivity index (χ1v) is 6.61. The molecule has 5 heteroatoms. The van der Waals surface area contributed by atoms with Crippen LogP contribution in [0.5, 0.6) is 5.75 Å². The van der Waals surface area contributed by atoms with Crippen molar-refractivity contribution in [3.63, 3.8) is 0 Å². The van der Waals surface area contributed by atoms with E-state index in [0.29, 0.717) is 12.2 Å². The summed E-state index contributed by atoms with van der Waals surface area (Å²) >= 11 is 0. The molecular weight excluding hydrogens is 261 g/mol. The Kier molecular flexibility index (Phi) is 5.11. The zero-order valence-corrected chi connectivity index (χ0v) is 12.4. The van der Waals surface area contributed by atoms with Crippen LogP contribution < -0.4 is 10.1 Å². The summed E-state index contributed by atoms with van der Waals surface area (Å²) in [6.07, 6.45) is 0.534. The Morgan fingerprint density at radius 2 is 1.85 bits per heavy atom. The van der Waals surface area contributed by atoms with Crippen LogP contribution in [0.1, 0.15) is 34.1 Å². The van der Waals surface area contributed by atoms with Gasteiger partial charge in [-0.1, -0.05) is 6.92 Å². The van der Waals surface area contributed by atoms with E-state index in [0.717, 1.165) is 0 Å². The maximum Gasteiger partial charge on any atom is 0.263 e. The van der Waals surface area contributed by atoms with Crippen molar-refractivity contribution in [3.05, 3.63) is 30.1 Å². The highest BCUT2D eigenvalue weighted by atomic mass is 19.1. The molecule has 1 atom stereocenters. The van der Waals surface area contributed by atoms with Crippen molar-refractivity contribution in [2.75, 3.05) is 6.54 Å². The molecule has 0 saturated carbocycles. The van der Waals surface area contributed by atoms with Gasteiger partial charge < -0.3 is 15.2 Å². The molecule has 0 radical (unpaired) electrons. The molecule has 2 N–H and O–H groups in total. The average Bonchev–Trinajstić information content (AvgIpc) is 2.38. The molecule has 0 aliphatic heterocycles. The number of amides is 1. The van der Waals surface area contributed by atoms with Crippen molar-refractivity contribution in [1.29, 1.82) is 0 Å². The van der Waals surface area contributed by atoms with Crippen molar-refractivity contribution >= 4 is 5.91 Å². The number of carbonyl (C=O) groups is 1. The lowest BCUT2D eigenvalue weighted by Crippen LogP contribution is -2.50. The first-order valence-electron chi connectivity index (χ1n) is 6.61. The van der Waals surface area contributed by atoms with E-state index in [4.69, 9.17) is 4.74 Å². The Bertz CT molecular complexity index is 455. The molecule has 1 unspecified atom stereocenters. The largest absolute Gasteiger partial charge is 0.478 e. The lowest BCUT2D eigenvalue weighted by atomic mass is 10.0. The van der Waals surface area contributed by atoms with Crippen molar-refractivity contribution in [3.8, 4) is 5.75 Å². The molecule has 1 aromatic carbocycles. The van der Waals surface area contributed by atoms with Gasteiger partial charge in [-0.2, -0.15) is 0 Å². The zero-order valence-electron chi connectivity index (χ0n) is 12.4. The lowest BCUT2D eigenvalue weighted by Gasteiger charge is -2.28. The van der Waals surface area contributed by atoms with E-state index in [2.05, 4.69) is 5.32 Å². The minimum atomic E-state index is -1.11. The predicted molar refractivity (Wildman–Crippen MR) is 75.0 cm³/mol. The first kappa shape index (κ1) is 16.4. The Balaban J connectivity index is 2.63. The van der Waals surface area contributed by atoms with Crippen molar-refractivity contribution in [2.24, 2.45) is 0 Å². The monoisotopic (exact) mass is 283 g/mol. The third-order valence-electron chi connectivity index (χ3n) is 3.12. The third kappa shape index (κ3) is 4.81. The van der Waals surface area contributed by atoms with Gasteiger partial charge in [0.1, 0.15) is 11.6 Å². The highest BCUT2D eigenvalue weighted by Gasteiger charge is 2.31. The quantitative estimate of drug-likeness (QED) is 0.842. The fourth-order valence-corrected chi connectivity index (χ4v) is 1.45. The van der Waals surface area contributed by atoms with Crippen LogP contribution in [0.4, 0.5) is 4.39 Å². The Labute approximate surface area is 119 Å². The molecule has 0 heterocycles. The number of aliphatic hydroxyl groups is 1. The number of hydrogen-bond donors (Lipinski definition) is 2. The van der Waals surface area contributed by atoms with Gasteiger partial charge >= 0.3 is 0 Å². The van der Waals surface area contributed by atoms with Gasteiger partial charge in [0.05, 0.1) is 5.60 Å². The van der Waals surface area contributed by atoms with Crippen LogP contribution in [0.25, 0.3) is 0 Å². The highest BCUT2D eigenvalue weighted by Crippen LogP contribution is 2.19. The predicted octanol–water partition coefficient (Wildman–Crippen LogP) is 2.26. The van der Waals surface area contributed by atoms with E-state index in [1.165, 1.54) is 24.3 Å². The van der Waals surface area contributed by atoms with Gasteiger partial charge in [-0.25, -0.2) is 4.39 Å². The van der Waals surface area contributed by atoms with E-state index in [9.17, 15) is 14.3 Å². The van der Waals surface area contributed by atoms with Crippen molar-refractivity contribution < 1.29 is 19.0 Å². The summed E-state index contributed by atoms with van der Waals surface area (Å²) in [6.45, 7) is 6.88. The van der Waals surface area contributed by atoms with E-state index in [1.807, 2.05) is 6.92 Å². The van der Waals surface area contributed by atoms with E-state index in [-0.39, 0.29) is 18.3 Å². The minimum absolute atomic E-state index is 0.151. The summed E-state index contributed by atoms with van der Waals surface area (Å²) in [5, 5.41) is 12.5. The molecule has 0 aromatic heterocycles. The number of carbonyl (C=O) groups excluding carboxylic acids is 1. The lowest BCUT2D eigenvalue weighted by molar-refractivity contribution is -0.135. The summed E-state index contributed by atoms with van der Waals surface area (Å²) in [5.41, 5.74) is -2.05. The molecule has 0 spiro atoms. The van der Waals surface area contributed by atoms with Gasteiger partial charge in [0, 0.05) is 6.54 Å². The third-order valence-corrected chi connectivity index (χ3v) is 3.12. The summed E-state index contributed by atoms with van der Waals surface area (Å²) < 4.78 is 18.4. The second-order valence-corrected chi connectivity index (χ2v) is 5.60. The number of nitrogens with one attached hydrogen (secondary N) is 1. The van der Waals surface area contributed by atoms with Crippen LogP contribution in [0.3, 0.4) is 0 Å². The van der Waals surface area contributed by atoms with Gasteiger partial charge in [-0.15, -0.1) is 0 Å². The smallest absolute Gasteiger partial charge is 0.263 e. The molecule has 20 heavy (non-hydrogen) atoms. The zero-order chi connectivity index (χ0) is 15.4. The van der Waals surface area contributed by atoms with Gasteiger partial charge in [-0.05, 0) is 51.5 Å². The van der Waals surface area contributed by atoms with Gasteiger partial charge in [0.15, 0.2) is 5.60 Å². The van der Waals surface area contributed by atoms with Gasteiger partial charge in [0.2, 0.25) is 0 Å². The van der Waals surface area contributed by atoms with Crippen LogP contribution in [-0.2, 0) is 4.79 Å². The molecule has 0 saturated heterocycles. The number of halogens is 1. The number of hydrogen-bond acceptors (Lipinski definition) is 3. The van der Waals surface area contributed by atoms with Crippen LogP contribution in [-0.4, -0.2) is 28.8 Å². The minimum Gasteiger partial charge on any atom is -0.478 e. The van der Waals surface area contributed by atoms with Crippen LogP contribution in [0, 0.1) is 5.82 Å². The maximum atomic E-state index is 12.8. The van der Waals surface area contributed by atoms with Crippen LogP contribution in [0.2, 0.25) is 0 Å². The standard InChI is InChI=1S/C15H22FNO3/c1-5-15(4,19)10-17-13(18)14(2,3)20-12-8-6-11(16)7-9-12/h6-9,19H,5,10H2,1-4H3,(H,17,18). The van der Waals surface area contributed by atoms with E-state index < -0.39 is 11.2 Å². The maximum absolute atomic E-state index is 12.8. The molecule has 4 nitrogen and oxygen atoms in total. The highest BCUT2D eigenvalue weighted by molar-refractivity contribution is 5.84. The summed E-state index contributed by atoms with van der Waals surface area (Å²) in [4.78, 5) is 12.1. The Morgan fingerprint density at radius 3 is 2.35 bits per heavy atom. The Hall–Kier alpha value is -1.62. The number of ether oxygens (including phenoxy) is 1. The normalized spacial score (nSPS) is 14.5. The van der Waals surface area contributed by atoms with Gasteiger partial charge in [0.25, 0.3) is 5.91 Å². The Morgan fingerprint density at radius 1 is 1.30 bits per heavy atom. The summed E-state index contributed by atoms with van der Waals surface area (Å²) in [7, 11) is 0. The van der Waals surface area contributed by atoms with E-state index in [1.54, 1.807) is 20.8 Å². The molecule has 1 aromatic rings. The topological polar surface area (TPSA) is 58.6 Å². The van der Waals surface area contributed by atoms with Crippen LogP contribution >= 0.6 is 0 Å². The van der Waals surface area contributed by atoms with E-state index >= 15 is 0 Å². The second-order valence-electron chi connectivity index (χ2n) is 5.60.